The van der Waals surface area contributed by atoms with Crippen LogP contribution in [0.2, 0.25) is 5.02 Å². The second kappa shape index (κ2) is 5.63. The van der Waals surface area contributed by atoms with E-state index in [0.29, 0.717) is 10.6 Å². The molecule has 1 aromatic heterocycles. The molecule has 2 rings (SSSR count). The molecule has 0 saturated heterocycles. The minimum atomic E-state index is -0.723. The van der Waals surface area contributed by atoms with Gasteiger partial charge in [-0.15, -0.1) is 0 Å². The summed E-state index contributed by atoms with van der Waals surface area (Å²) >= 11 is 5.68. The summed E-state index contributed by atoms with van der Waals surface area (Å²) in [5.41, 5.74) is 1.37. The van der Waals surface area contributed by atoms with Gasteiger partial charge in [0, 0.05) is 11.8 Å². The van der Waals surface area contributed by atoms with E-state index in [9.17, 15) is 9.59 Å². The second-order valence-corrected chi connectivity index (χ2v) is 4.45. The fourth-order valence-corrected chi connectivity index (χ4v) is 1.57. The number of nitrogens with one attached hydrogen (secondary N) is 1. The Balaban J connectivity index is 2.09. The smallest absolute Gasteiger partial charge is 0.297 e. The lowest BCUT2D eigenvalue weighted by atomic mass is 10.1. The Bertz CT molecular complexity index is 606. The van der Waals surface area contributed by atoms with E-state index in [1.54, 1.807) is 30.3 Å². The normalized spacial score (nSPS) is 10.0. The number of amides is 1. The summed E-state index contributed by atoms with van der Waals surface area (Å²) < 4.78 is 0. The average Bonchev–Trinajstić information content (AvgIpc) is 2.41. The van der Waals surface area contributed by atoms with Crippen molar-refractivity contribution in [1.29, 1.82) is 0 Å². The molecule has 5 heteroatoms. The third-order valence-electron chi connectivity index (χ3n) is 2.49. The number of aryl methyl sites for hydroxylation is 1. The highest BCUT2D eigenvalue weighted by molar-refractivity contribution is 6.46. The van der Waals surface area contributed by atoms with Gasteiger partial charge in [0.15, 0.2) is 0 Å². The number of carbonyl (C=O) groups excluding carboxylic acids is 2. The van der Waals surface area contributed by atoms with Crippen LogP contribution in [0.5, 0.6) is 0 Å². The van der Waals surface area contributed by atoms with E-state index in [-0.39, 0.29) is 5.82 Å². The number of rotatable bonds is 3. The van der Waals surface area contributed by atoms with Gasteiger partial charge in [-0.25, -0.2) is 4.98 Å². The molecule has 0 bridgehead atoms. The van der Waals surface area contributed by atoms with Crippen LogP contribution in [0.25, 0.3) is 0 Å². The number of aromatic nitrogens is 1. The van der Waals surface area contributed by atoms with Crippen molar-refractivity contribution in [3.63, 3.8) is 0 Å². The van der Waals surface area contributed by atoms with Gasteiger partial charge in [0.05, 0.1) is 5.02 Å². The molecular weight excluding hydrogens is 264 g/mol. The maximum absolute atomic E-state index is 11.9. The van der Waals surface area contributed by atoms with E-state index < -0.39 is 11.7 Å². The van der Waals surface area contributed by atoms with Gasteiger partial charge in [0.25, 0.3) is 11.7 Å². The van der Waals surface area contributed by atoms with Gasteiger partial charge in [-0.3, -0.25) is 9.59 Å². The number of ketones is 1. The summed E-state index contributed by atoms with van der Waals surface area (Å²) in [5.74, 6) is -1.04. The van der Waals surface area contributed by atoms with Crippen LogP contribution in [0.4, 0.5) is 5.82 Å². The van der Waals surface area contributed by atoms with Gasteiger partial charge in [-0.2, -0.15) is 0 Å². The van der Waals surface area contributed by atoms with Gasteiger partial charge in [0.2, 0.25) is 0 Å². The van der Waals surface area contributed by atoms with Crippen LogP contribution >= 0.6 is 11.6 Å². The molecule has 96 valence electrons. The summed E-state index contributed by atoms with van der Waals surface area (Å²) in [6, 6.07) is 9.91. The van der Waals surface area contributed by atoms with Crippen LogP contribution in [0, 0.1) is 6.92 Å². The zero-order valence-corrected chi connectivity index (χ0v) is 10.9. The Labute approximate surface area is 115 Å². The molecule has 1 heterocycles. The SMILES string of the molecule is Cc1ccc(C(=O)C(=O)Nc2ccc(Cl)cn2)cc1. The van der Waals surface area contributed by atoms with Gasteiger partial charge >= 0.3 is 0 Å². The molecule has 1 aromatic carbocycles. The van der Waals surface area contributed by atoms with Crippen molar-refractivity contribution in [2.45, 2.75) is 6.92 Å². The van der Waals surface area contributed by atoms with Crippen molar-refractivity contribution in [1.82, 2.24) is 4.98 Å². The lowest BCUT2D eigenvalue weighted by Crippen LogP contribution is -2.23. The Morgan fingerprint density at radius 2 is 1.79 bits per heavy atom. The van der Waals surface area contributed by atoms with Crippen molar-refractivity contribution < 1.29 is 9.59 Å². The van der Waals surface area contributed by atoms with E-state index in [2.05, 4.69) is 10.3 Å². The highest BCUT2D eigenvalue weighted by Crippen LogP contribution is 2.10. The number of benzene rings is 1. The van der Waals surface area contributed by atoms with Crippen LogP contribution in [0.1, 0.15) is 15.9 Å². The third kappa shape index (κ3) is 3.39. The maximum Gasteiger partial charge on any atom is 0.297 e. The number of nitrogens with zero attached hydrogens (tertiary/aromatic N) is 1. The lowest BCUT2D eigenvalue weighted by Gasteiger charge is -2.04. The monoisotopic (exact) mass is 274 g/mol. The molecule has 0 saturated carbocycles. The van der Waals surface area contributed by atoms with Crippen molar-refractivity contribution in [2.24, 2.45) is 0 Å². The zero-order valence-electron chi connectivity index (χ0n) is 10.2. The maximum atomic E-state index is 11.9. The molecule has 0 aliphatic rings. The first-order valence-corrected chi connectivity index (χ1v) is 5.98. The number of hydrogen-bond donors (Lipinski definition) is 1. The molecule has 19 heavy (non-hydrogen) atoms. The topological polar surface area (TPSA) is 59.1 Å². The largest absolute Gasteiger partial charge is 0.304 e. The van der Waals surface area contributed by atoms with Crippen molar-refractivity contribution in [3.05, 3.63) is 58.7 Å². The van der Waals surface area contributed by atoms with Crippen molar-refractivity contribution in [3.8, 4) is 0 Å². The first-order chi connectivity index (χ1) is 9.06. The van der Waals surface area contributed by atoms with Crippen LogP contribution in [-0.2, 0) is 4.79 Å². The fourth-order valence-electron chi connectivity index (χ4n) is 1.46. The predicted octanol–water partition coefficient (Wildman–Crippen LogP) is 2.86. The minimum Gasteiger partial charge on any atom is -0.304 e. The van der Waals surface area contributed by atoms with E-state index in [1.807, 2.05) is 6.92 Å². The summed E-state index contributed by atoms with van der Waals surface area (Å²) in [6.45, 7) is 1.91. The number of pyridine rings is 1. The van der Waals surface area contributed by atoms with E-state index in [1.165, 1.54) is 12.3 Å². The average molecular weight is 275 g/mol. The first-order valence-electron chi connectivity index (χ1n) is 5.60. The van der Waals surface area contributed by atoms with Crippen LogP contribution in [0.3, 0.4) is 0 Å². The highest BCUT2D eigenvalue weighted by atomic mass is 35.5. The van der Waals surface area contributed by atoms with E-state index in [0.717, 1.165) is 5.56 Å². The molecular formula is C14H11ClN2O2. The summed E-state index contributed by atoms with van der Waals surface area (Å²) in [6.07, 6.45) is 1.40. The molecule has 0 fully saturated rings. The van der Waals surface area contributed by atoms with Gasteiger partial charge < -0.3 is 5.32 Å². The van der Waals surface area contributed by atoms with Crippen molar-refractivity contribution in [2.75, 3.05) is 5.32 Å². The lowest BCUT2D eigenvalue weighted by molar-refractivity contribution is -0.112. The molecule has 0 aliphatic heterocycles. The molecule has 0 radical (unpaired) electrons. The van der Waals surface area contributed by atoms with Crippen molar-refractivity contribution >= 4 is 29.1 Å². The summed E-state index contributed by atoms with van der Waals surface area (Å²) in [4.78, 5) is 27.5. The number of anilines is 1. The number of hydrogen-bond acceptors (Lipinski definition) is 3. The summed E-state index contributed by atoms with van der Waals surface area (Å²) in [5, 5.41) is 2.88. The standard InChI is InChI=1S/C14H11ClN2O2/c1-9-2-4-10(5-3-9)13(18)14(19)17-12-7-6-11(15)8-16-12/h2-8H,1H3,(H,16,17,19). The molecule has 0 aliphatic carbocycles. The van der Waals surface area contributed by atoms with Gasteiger partial charge in [-0.05, 0) is 19.1 Å². The molecule has 0 spiro atoms. The van der Waals surface area contributed by atoms with Crippen LogP contribution in [0.15, 0.2) is 42.6 Å². The second-order valence-electron chi connectivity index (χ2n) is 4.01. The Hall–Kier alpha value is -2.20. The quantitative estimate of drug-likeness (QED) is 0.692. The number of carbonyl (C=O) groups is 2. The third-order valence-corrected chi connectivity index (χ3v) is 2.71. The summed E-state index contributed by atoms with van der Waals surface area (Å²) in [7, 11) is 0. The molecule has 4 nitrogen and oxygen atoms in total. The predicted molar refractivity (Wildman–Crippen MR) is 73.4 cm³/mol. The van der Waals surface area contributed by atoms with Crippen LogP contribution < -0.4 is 5.32 Å². The van der Waals surface area contributed by atoms with Gasteiger partial charge in [-0.1, -0.05) is 41.4 Å². The Morgan fingerprint density at radius 1 is 1.11 bits per heavy atom. The Kier molecular flexibility index (Phi) is 3.92. The Morgan fingerprint density at radius 3 is 2.37 bits per heavy atom. The first kappa shape index (κ1) is 13.2. The minimum absolute atomic E-state index is 0.287. The van der Waals surface area contributed by atoms with Crippen LogP contribution in [-0.4, -0.2) is 16.7 Å². The highest BCUT2D eigenvalue weighted by Gasteiger charge is 2.16. The molecule has 0 atom stereocenters. The van der Waals surface area contributed by atoms with E-state index in [4.69, 9.17) is 11.6 Å². The molecule has 2 aromatic rings. The van der Waals surface area contributed by atoms with Gasteiger partial charge in [0.1, 0.15) is 5.82 Å². The molecule has 1 amide bonds. The zero-order chi connectivity index (χ0) is 13.8. The number of halogens is 1. The number of Topliss-reactive ketones (excluding diaryl/α,β-unsaturated/α-hetero) is 1. The fraction of sp³-hybridized carbons (Fsp3) is 0.0714. The molecule has 1 N–H and O–H groups in total. The van der Waals surface area contributed by atoms with E-state index >= 15 is 0 Å². The molecule has 0 unspecified atom stereocenters.